The number of hydrogen-bond acceptors (Lipinski definition) is 2. The third kappa shape index (κ3) is 2.86. The summed E-state index contributed by atoms with van der Waals surface area (Å²) in [6.07, 6.45) is 7.45. The van der Waals surface area contributed by atoms with E-state index in [0.29, 0.717) is 5.92 Å². The number of benzene rings is 2. The maximum atomic E-state index is 4.86. The van der Waals surface area contributed by atoms with Crippen molar-refractivity contribution in [1.29, 1.82) is 0 Å². The molecule has 4 aromatic rings. The summed E-state index contributed by atoms with van der Waals surface area (Å²) in [5, 5.41) is 2.28. The minimum Gasteiger partial charge on any atom is -0.261 e. The summed E-state index contributed by atoms with van der Waals surface area (Å²) in [4.78, 5) is 6.39. The van der Waals surface area contributed by atoms with Gasteiger partial charge in [-0.25, -0.2) is 0 Å². The second-order valence-corrected chi connectivity index (χ2v) is 9.16. The van der Waals surface area contributed by atoms with E-state index in [1.807, 2.05) is 17.5 Å². The van der Waals surface area contributed by atoms with Crippen molar-refractivity contribution in [3.05, 3.63) is 122 Å². The minimum atomic E-state index is 0.335. The average Bonchev–Trinajstić information content (AvgIpc) is 3.05. The Morgan fingerprint density at radius 3 is 2.38 bits per heavy atom. The van der Waals surface area contributed by atoms with Crippen LogP contribution in [-0.4, -0.2) is 4.98 Å². The zero-order chi connectivity index (χ0) is 19.2. The summed E-state index contributed by atoms with van der Waals surface area (Å²) in [6.45, 7) is 0. The van der Waals surface area contributed by atoms with Gasteiger partial charge in [-0.2, -0.15) is 0 Å². The highest BCUT2D eigenvalue weighted by molar-refractivity contribution is 7.10. The van der Waals surface area contributed by atoms with Crippen LogP contribution in [0, 0.1) is 0 Å². The molecule has 1 nitrogen and oxygen atoms in total. The van der Waals surface area contributed by atoms with Crippen LogP contribution in [0.2, 0.25) is 0 Å². The molecule has 29 heavy (non-hydrogen) atoms. The summed E-state index contributed by atoms with van der Waals surface area (Å²) in [6, 6.07) is 22.6. The predicted octanol–water partition coefficient (Wildman–Crippen LogP) is 6.11. The fraction of sp³-hybridized carbons (Fsp3) is 0.222. The van der Waals surface area contributed by atoms with Gasteiger partial charge >= 0.3 is 0 Å². The molecule has 6 rings (SSSR count). The fourth-order valence-corrected chi connectivity index (χ4v) is 6.34. The number of aryl methyl sites for hydroxylation is 3. The van der Waals surface area contributed by atoms with Crippen molar-refractivity contribution >= 4 is 11.3 Å². The lowest BCUT2D eigenvalue weighted by Crippen LogP contribution is -2.10. The molecule has 2 aliphatic rings. The van der Waals surface area contributed by atoms with E-state index in [0.717, 1.165) is 32.1 Å². The van der Waals surface area contributed by atoms with E-state index in [2.05, 4.69) is 66.0 Å². The lowest BCUT2D eigenvalue weighted by atomic mass is 9.83. The number of aromatic nitrogens is 1. The Morgan fingerprint density at radius 2 is 1.45 bits per heavy atom. The Kier molecular flexibility index (Phi) is 4.12. The van der Waals surface area contributed by atoms with E-state index in [4.69, 9.17) is 4.98 Å². The molecule has 0 aliphatic heterocycles. The number of fused-ring (bicyclic) bond motifs is 4. The van der Waals surface area contributed by atoms with Crippen molar-refractivity contribution < 1.29 is 0 Å². The van der Waals surface area contributed by atoms with Crippen LogP contribution in [0.1, 0.15) is 55.4 Å². The van der Waals surface area contributed by atoms with E-state index in [9.17, 15) is 0 Å². The van der Waals surface area contributed by atoms with Gasteiger partial charge in [-0.3, -0.25) is 4.98 Å². The Balaban J connectivity index is 1.55. The average molecular weight is 394 g/mol. The SMILES string of the molecule is c1ccc2c(c1)CCc1c(C3c4ccccc4CCc4ccsc43)ccnc1C2. The fourth-order valence-electron chi connectivity index (χ4n) is 5.25. The molecular weight excluding hydrogens is 370 g/mol. The van der Waals surface area contributed by atoms with E-state index in [1.165, 1.54) is 49.5 Å². The highest BCUT2D eigenvalue weighted by Gasteiger charge is 2.29. The summed E-state index contributed by atoms with van der Waals surface area (Å²) in [5.41, 5.74) is 11.7. The highest BCUT2D eigenvalue weighted by Crippen LogP contribution is 2.43. The number of nitrogens with zero attached hydrogens (tertiary/aromatic N) is 1. The van der Waals surface area contributed by atoms with Crippen LogP contribution in [0.25, 0.3) is 0 Å². The largest absolute Gasteiger partial charge is 0.261 e. The first-order valence-corrected chi connectivity index (χ1v) is 11.4. The summed E-state index contributed by atoms with van der Waals surface area (Å²) < 4.78 is 0. The van der Waals surface area contributed by atoms with E-state index >= 15 is 0 Å². The van der Waals surface area contributed by atoms with Gasteiger partial charge in [-0.15, -0.1) is 11.3 Å². The topological polar surface area (TPSA) is 12.9 Å². The number of pyridine rings is 1. The van der Waals surface area contributed by atoms with Crippen molar-refractivity contribution in [3.8, 4) is 0 Å². The van der Waals surface area contributed by atoms with Crippen molar-refractivity contribution in [2.45, 2.75) is 38.0 Å². The maximum absolute atomic E-state index is 4.86. The minimum absolute atomic E-state index is 0.335. The first kappa shape index (κ1) is 17.2. The van der Waals surface area contributed by atoms with Gasteiger partial charge in [0.1, 0.15) is 0 Å². The third-order valence-corrected chi connectivity index (χ3v) is 7.71. The number of thiophene rings is 1. The van der Waals surface area contributed by atoms with Gasteiger partial charge in [0.05, 0.1) is 0 Å². The van der Waals surface area contributed by atoms with Gasteiger partial charge in [-0.1, -0.05) is 48.5 Å². The van der Waals surface area contributed by atoms with Gasteiger partial charge in [0.15, 0.2) is 0 Å². The zero-order valence-electron chi connectivity index (χ0n) is 16.4. The molecule has 2 heterocycles. The summed E-state index contributed by atoms with van der Waals surface area (Å²) in [5.74, 6) is 0.335. The second-order valence-electron chi connectivity index (χ2n) is 8.21. The van der Waals surface area contributed by atoms with E-state index < -0.39 is 0 Å². The normalized spacial score (nSPS) is 17.3. The molecule has 0 amide bonds. The van der Waals surface area contributed by atoms with Gasteiger partial charge in [0, 0.05) is 29.1 Å². The Labute approximate surface area is 176 Å². The highest BCUT2D eigenvalue weighted by atomic mass is 32.1. The van der Waals surface area contributed by atoms with Crippen molar-refractivity contribution in [3.63, 3.8) is 0 Å². The molecule has 0 spiro atoms. The van der Waals surface area contributed by atoms with Crippen molar-refractivity contribution in [1.82, 2.24) is 4.98 Å². The van der Waals surface area contributed by atoms with E-state index in [-0.39, 0.29) is 0 Å². The lowest BCUT2D eigenvalue weighted by Gasteiger charge is -2.23. The van der Waals surface area contributed by atoms with Crippen LogP contribution >= 0.6 is 11.3 Å². The Bertz CT molecular complexity index is 1200. The van der Waals surface area contributed by atoms with Gasteiger partial charge < -0.3 is 0 Å². The van der Waals surface area contributed by atoms with Crippen LogP contribution in [-0.2, 0) is 32.1 Å². The quantitative estimate of drug-likeness (QED) is 0.380. The zero-order valence-corrected chi connectivity index (χ0v) is 17.2. The smallest absolute Gasteiger partial charge is 0.0482 e. The molecule has 142 valence electrons. The standard InChI is InChI=1S/C27H23NS/c1-2-7-21-17-25-23(12-11-18(21)5-1)24(13-15-28-25)26-22-8-4-3-6-19(22)9-10-20-14-16-29-27(20)26/h1-8,13-16,26H,9-12,17H2. The third-order valence-electron chi connectivity index (χ3n) is 6.69. The molecular formula is C27H23NS. The summed E-state index contributed by atoms with van der Waals surface area (Å²) in [7, 11) is 0. The second kappa shape index (κ2) is 6.96. The number of rotatable bonds is 1. The number of hydrogen-bond donors (Lipinski definition) is 0. The molecule has 0 N–H and O–H groups in total. The first-order chi connectivity index (χ1) is 14.4. The Hall–Kier alpha value is -2.71. The lowest BCUT2D eigenvalue weighted by molar-refractivity contribution is 0.884. The summed E-state index contributed by atoms with van der Waals surface area (Å²) >= 11 is 1.93. The van der Waals surface area contributed by atoms with Crippen LogP contribution in [0.5, 0.6) is 0 Å². The molecule has 2 aromatic carbocycles. The molecule has 0 radical (unpaired) electrons. The van der Waals surface area contributed by atoms with Crippen molar-refractivity contribution in [2.75, 3.05) is 0 Å². The molecule has 0 fully saturated rings. The van der Waals surface area contributed by atoms with Crippen LogP contribution in [0.3, 0.4) is 0 Å². The molecule has 2 heteroatoms. The molecule has 0 bridgehead atoms. The maximum Gasteiger partial charge on any atom is 0.0482 e. The molecule has 0 saturated heterocycles. The monoisotopic (exact) mass is 393 g/mol. The van der Waals surface area contributed by atoms with Crippen LogP contribution < -0.4 is 0 Å². The molecule has 1 atom stereocenters. The first-order valence-electron chi connectivity index (χ1n) is 10.6. The molecule has 2 aromatic heterocycles. The predicted molar refractivity (Wildman–Crippen MR) is 120 cm³/mol. The molecule has 1 unspecified atom stereocenters. The van der Waals surface area contributed by atoms with Crippen LogP contribution in [0.15, 0.2) is 72.2 Å². The van der Waals surface area contributed by atoms with Crippen LogP contribution in [0.4, 0.5) is 0 Å². The van der Waals surface area contributed by atoms with Crippen molar-refractivity contribution in [2.24, 2.45) is 0 Å². The Morgan fingerprint density at radius 1 is 0.690 bits per heavy atom. The van der Waals surface area contributed by atoms with E-state index in [1.54, 1.807) is 0 Å². The van der Waals surface area contributed by atoms with Gasteiger partial charge in [-0.05, 0) is 82.1 Å². The van der Waals surface area contributed by atoms with Gasteiger partial charge in [0.25, 0.3) is 0 Å². The molecule has 0 saturated carbocycles. The molecule has 2 aliphatic carbocycles. The van der Waals surface area contributed by atoms with Gasteiger partial charge in [0.2, 0.25) is 0 Å².